The minimum Gasteiger partial charge on any atom is -0.389 e. The van der Waals surface area contributed by atoms with E-state index in [0.29, 0.717) is 6.54 Å². The van der Waals surface area contributed by atoms with Crippen molar-refractivity contribution < 1.29 is 9.90 Å². The molecule has 110 valence electrons. The van der Waals surface area contributed by atoms with Gasteiger partial charge in [-0.2, -0.15) is 0 Å². The van der Waals surface area contributed by atoms with Crippen LogP contribution in [-0.4, -0.2) is 29.7 Å². The van der Waals surface area contributed by atoms with Crippen LogP contribution in [0.3, 0.4) is 0 Å². The van der Waals surface area contributed by atoms with Gasteiger partial charge >= 0.3 is 0 Å². The van der Waals surface area contributed by atoms with Gasteiger partial charge in [-0.3, -0.25) is 4.79 Å². The minimum atomic E-state index is -0.633. The van der Waals surface area contributed by atoms with Crippen molar-refractivity contribution in [2.45, 2.75) is 37.7 Å². The smallest absolute Gasteiger partial charge is 0.238 e. The summed E-state index contributed by atoms with van der Waals surface area (Å²) in [5.74, 6) is -0.101. The van der Waals surface area contributed by atoms with E-state index in [2.05, 4.69) is 26.6 Å². The maximum atomic E-state index is 11.8. The molecule has 0 bridgehead atoms. The van der Waals surface area contributed by atoms with Crippen LogP contribution in [0.1, 0.15) is 32.1 Å². The van der Waals surface area contributed by atoms with E-state index in [9.17, 15) is 9.90 Å². The summed E-state index contributed by atoms with van der Waals surface area (Å²) < 4.78 is 0.860. The summed E-state index contributed by atoms with van der Waals surface area (Å²) >= 11 is 3.39. The molecule has 0 radical (unpaired) electrons. The van der Waals surface area contributed by atoms with Crippen molar-refractivity contribution in [3.63, 3.8) is 0 Å². The Kier molecular flexibility index (Phi) is 5.57. The summed E-state index contributed by atoms with van der Waals surface area (Å²) in [5.41, 5.74) is 0.127. The molecule has 4 nitrogen and oxygen atoms in total. The Balaban J connectivity index is 1.74. The Morgan fingerprint density at radius 2 is 1.95 bits per heavy atom. The van der Waals surface area contributed by atoms with Crippen molar-refractivity contribution >= 4 is 27.5 Å². The van der Waals surface area contributed by atoms with Gasteiger partial charge in [0.05, 0.1) is 17.8 Å². The second kappa shape index (κ2) is 7.20. The third-order valence-corrected chi connectivity index (χ3v) is 4.36. The highest BCUT2D eigenvalue weighted by atomic mass is 79.9. The lowest BCUT2D eigenvalue weighted by atomic mass is 9.85. The molecule has 0 saturated heterocycles. The van der Waals surface area contributed by atoms with Gasteiger partial charge in [0, 0.05) is 11.0 Å². The van der Waals surface area contributed by atoms with Crippen LogP contribution in [0.5, 0.6) is 0 Å². The quantitative estimate of drug-likeness (QED) is 0.772. The molecule has 1 aromatic rings. The van der Waals surface area contributed by atoms with E-state index in [1.54, 1.807) is 0 Å². The number of carbonyl (C=O) groups is 1. The first-order valence-corrected chi connectivity index (χ1v) is 7.86. The Bertz CT molecular complexity index is 459. The van der Waals surface area contributed by atoms with Crippen LogP contribution in [-0.2, 0) is 4.79 Å². The van der Waals surface area contributed by atoms with E-state index in [4.69, 9.17) is 0 Å². The number of benzene rings is 1. The van der Waals surface area contributed by atoms with Crippen LogP contribution in [0, 0.1) is 0 Å². The predicted molar refractivity (Wildman–Crippen MR) is 83.7 cm³/mol. The van der Waals surface area contributed by atoms with Gasteiger partial charge in [-0.05, 0) is 40.9 Å². The molecule has 1 fully saturated rings. The zero-order valence-electron chi connectivity index (χ0n) is 11.5. The number of carbonyl (C=O) groups excluding carboxylic acids is 1. The molecule has 1 aromatic carbocycles. The van der Waals surface area contributed by atoms with Crippen LogP contribution in [0.25, 0.3) is 0 Å². The Hall–Kier alpha value is -0.910. The highest BCUT2D eigenvalue weighted by Gasteiger charge is 2.28. The second-order valence-corrected chi connectivity index (χ2v) is 6.27. The van der Waals surface area contributed by atoms with Gasteiger partial charge in [0.1, 0.15) is 0 Å². The Labute approximate surface area is 128 Å². The van der Waals surface area contributed by atoms with E-state index in [1.807, 2.05) is 24.3 Å². The maximum Gasteiger partial charge on any atom is 0.238 e. The van der Waals surface area contributed by atoms with Crippen molar-refractivity contribution in [3.05, 3.63) is 28.7 Å². The Morgan fingerprint density at radius 1 is 1.25 bits per heavy atom. The molecule has 3 N–H and O–H groups in total. The van der Waals surface area contributed by atoms with Crippen LogP contribution in [0.15, 0.2) is 28.7 Å². The number of amides is 1. The number of rotatable bonds is 5. The summed E-state index contributed by atoms with van der Waals surface area (Å²) in [7, 11) is 0. The molecule has 1 amide bonds. The first kappa shape index (κ1) is 15.5. The van der Waals surface area contributed by atoms with Crippen LogP contribution >= 0.6 is 15.9 Å². The molecule has 0 spiro atoms. The van der Waals surface area contributed by atoms with Gasteiger partial charge in [-0.25, -0.2) is 0 Å². The lowest BCUT2D eigenvalue weighted by Gasteiger charge is -2.32. The fourth-order valence-electron chi connectivity index (χ4n) is 2.55. The first-order chi connectivity index (χ1) is 9.59. The zero-order valence-corrected chi connectivity index (χ0v) is 13.1. The van der Waals surface area contributed by atoms with Gasteiger partial charge in [-0.1, -0.05) is 31.4 Å². The fourth-order valence-corrected chi connectivity index (χ4v) is 2.94. The average Bonchev–Trinajstić information content (AvgIpc) is 2.42. The summed E-state index contributed by atoms with van der Waals surface area (Å²) in [6.45, 7) is 0.694. The van der Waals surface area contributed by atoms with Crippen molar-refractivity contribution in [3.8, 4) is 0 Å². The molecular weight excluding hydrogens is 320 g/mol. The Morgan fingerprint density at radius 3 is 2.65 bits per heavy atom. The summed E-state index contributed by atoms with van der Waals surface area (Å²) in [6, 6.07) is 7.50. The van der Waals surface area contributed by atoms with Gasteiger partial charge in [0.15, 0.2) is 0 Å². The topological polar surface area (TPSA) is 61.4 Å². The van der Waals surface area contributed by atoms with E-state index >= 15 is 0 Å². The van der Waals surface area contributed by atoms with E-state index in [1.165, 1.54) is 6.42 Å². The monoisotopic (exact) mass is 340 g/mol. The van der Waals surface area contributed by atoms with E-state index in [-0.39, 0.29) is 12.5 Å². The van der Waals surface area contributed by atoms with E-state index < -0.39 is 5.60 Å². The molecule has 0 aromatic heterocycles. The van der Waals surface area contributed by atoms with Crippen LogP contribution in [0.2, 0.25) is 0 Å². The third-order valence-electron chi connectivity index (χ3n) is 3.67. The largest absolute Gasteiger partial charge is 0.389 e. The third kappa shape index (κ3) is 4.58. The highest BCUT2D eigenvalue weighted by molar-refractivity contribution is 9.10. The summed E-state index contributed by atoms with van der Waals surface area (Å²) in [4.78, 5) is 11.8. The summed E-state index contributed by atoms with van der Waals surface area (Å²) in [6.07, 6.45) is 4.99. The minimum absolute atomic E-state index is 0.101. The van der Waals surface area contributed by atoms with Crippen molar-refractivity contribution in [1.29, 1.82) is 0 Å². The lowest BCUT2D eigenvalue weighted by molar-refractivity contribution is -0.115. The molecule has 0 atom stereocenters. The molecule has 1 aliphatic carbocycles. The average molecular weight is 341 g/mol. The molecule has 2 rings (SSSR count). The number of para-hydroxylation sites is 1. The highest BCUT2D eigenvalue weighted by Crippen LogP contribution is 2.27. The molecule has 1 saturated carbocycles. The summed E-state index contributed by atoms with van der Waals surface area (Å²) in [5, 5.41) is 16.2. The van der Waals surface area contributed by atoms with Gasteiger partial charge in [-0.15, -0.1) is 0 Å². The molecule has 1 aliphatic rings. The van der Waals surface area contributed by atoms with Crippen LogP contribution < -0.4 is 10.6 Å². The number of aliphatic hydroxyl groups is 1. The second-order valence-electron chi connectivity index (χ2n) is 5.42. The van der Waals surface area contributed by atoms with Gasteiger partial charge < -0.3 is 15.7 Å². The number of halogens is 1. The molecule has 0 unspecified atom stereocenters. The van der Waals surface area contributed by atoms with Crippen molar-refractivity contribution in [2.75, 3.05) is 18.4 Å². The maximum absolute atomic E-state index is 11.8. The number of hydrogen-bond donors (Lipinski definition) is 3. The molecule has 5 heteroatoms. The molecular formula is C15H21BrN2O2. The standard InChI is InChI=1S/C15H21BrN2O2/c16-12-6-2-3-7-13(12)18-14(19)10-17-11-15(20)8-4-1-5-9-15/h2-3,6-7,17,20H,1,4-5,8-11H2,(H,18,19). The molecule has 0 heterocycles. The molecule has 0 aliphatic heterocycles. The van der Waals surface area contributed by atoms with Crippen LogP contribution in [0.4, 0.5) is 5.69 Å². The first-order valence-electron chi connectivity index (χ1n) is 7.07. The van der Waals surface area contributed by atoms with Crippen molar-refractivity contribution in [1.82, 2.24) is 5.32 Å². The predicted octanol–water partition coefficient (Wildman–Crippen LogP) is 2.67. The fraction of sp³-hybridized carbons (Fsp3) is 0.533. The van der Waals surface area contributed by atoms with Gasteiger partial charge in [0.2, 0.25) is 5.91 Å². The number of hydrogen-bond acceptors (Lipinski definition) is 3. The SMILES string of the molecule is O=C(CNCC1(O)CCCCC1)Nc1ccccc1Br. The normalized spacial score (nSPS) is 17.7. The zero-order chi connectivity index (χ0) is 14.4. The van der Waals surface area contributed by atoms with E-state index in [0.717, 1.165) is 35.8 Å². The lowest BCUT2D eigenvalue weighted by Crippen LogP contribution is -2.44. The van der Waals surface area contributed by atoms with Crippen molar-refractivity contribution in [2.24, 2.45) is 0 Å². The van der Waals surface area contributed by atoms with Gasteiger partial charge in [0.25, 0.3) is 0 Å². The number of nitrogens with one attached hydrogen (secondary N) is 2. The molecule has 20 heavy (non-hydrogen) atoms. The number of anilines is 1.